The van der Waals surface area contributed by atoms with Crippen LogP contribution in [0.4, 0.5) is 10.5 Å². The second-order valence-corrected chi connectivity index (χ2v) is 6.74. The minimum absolute atomic E-state index is 0.331. The van der Waals surface area contributed by atoms with Gasteiger partial charge in [-0.25, -0.2) is 9.79 Å². The molecule has 8 heteroatoms. The van der Waals surface area contributed by atoms with Gasteiger partial charge in [-0.1, -0.05) is 6.07 Å². The van der Waals surface area contributed by atoms with Gasteiger partial charge in [0.15, 0.2) is 12.2 Å². The number of likely N-dealkylation sites (N-methyl/N-ethyl adjacent to an activating group) is 1. The van der Waals surface area contributed by atoms with Crippen LogP contribution < -0.4 is 15.0 Å². The Balaban J connectivity index is 1.86. The number of aryl methyl sites for hydroxylation is 1. The van der Waals surface area contributed by atoms with Crippen molar-refractivity contribution in [2.75, 3.05) is 19.1 Å². The second kappa shape index (κ2) is 5.48. The lowest BCUT2D eigenvalue weighted by Crippen LogP contribution is -2.63. The van der Waals surface area contributed by atoms with E-state index < -0.39 is 18.2 Å². The van der Waals surface area contributed by atoms with Crippen molar-refractivity contribution in [1.29, 1.82) is 0 Å². The van der Waals surface area contributed by atoms with Gasteiger partial charge in [-0.2, -0.15) is 0 Å². The molecule has 26 heavy (non-hydrogen) atoms. The number of methoxy groups -OCH3 is 1. The number of rotatable bonds is 2. The van der Waals surface area contributed by atoms with E-state index >= 15 is 0 Å². The predicted octanol–water partition coefficient (Wildman–Crippen LogP) is 1.62. The van der Waals surface area contributed by atoms with Gasteiger partial charge in [0.05, 0.1) is 12.8 Å². The number of anilines is 1. The molecule has 2 unspecified atom stereocenters. The largest absolute Gasteiger partial charge is 0.495 e. The minimum atomic E-state index is -0.566. The Hall–Kier alpha value is -3.03. The molecule has 3 amide bonds. The first kappa shape index (κ1) is 16.4. The van der Waals surface area contributed by atoms with E-state index in [1.807, 2.05) is 48.8 Å². The van der Waals surface area contributed by atoms with Crippen molar-refractivity contribution in [2.24, 2.45) is 4.99 Å². The number of carbonyl (C=O) groups is 2. The number of nitrogens with zero attached hydrogens (tertiary/aromatic N) is 4. The Morgan fingerprint density at radius 2 is 1.88 bits per heavy atom. The Bertz CT molecular complexity index is 891. The van der Waals surface area contributed by atoms with Crippen LogP contribution in [0.2, 0.25) is 0 Å². The molecule has 0 spiro atoms. The van der Waals surface area contributed by atoms with Gasteiger partial charge in [-0.3, -0.25) is 19.9 Å². The number of carbonyl (C=O) groups excluding carboxylic acids is 2. The molecule has 1 aromatic carbocycles. The first-order valence-electron chi connectivity index (χ1n) is 8.42. The highest BCUT2D eigenvalue weighted by molar-refractivity contribution is 6.11. The summed E-state index contributed by atoms with van der Waals surface area (Å²) >= 11 is 0. The van der Waals surface area contributed by atoms with E-state index in [9.17, 15) is 9.59 Å². The summed E-state index contributed by atoms with van der Waals surface area (Å²) in [6, 6.07) is 4.93. The lowest BCUT2D eigenvalue weighted by Gasteiger charge is -2.35. The topological polar surface area (TPSA) is 77.5 Å². The van der Waals surface area contributed by atoms with Crippen molar-refractivity contribution in [1.82, 2.24) is 15.1 Å². The summed E-state index contributed by atoms with van der Waals surface area (Å²) in [7, 11) is 3.28. The van der Waals surface area contributed by atoms with Gasteiger partial charge in [-0.15, -0.1) is 0 Å². The number of aliphatic imine (C=N–C) groups is 1. The number of guanidine groups is 1. The van der Waals surface area contributed by atoms with Crippen LogP contribution in [-0.2, 0) is 4.79 Å². The van der Waals surface area contributed by atoms with Gasteiger partial charge < -0.3 is 9.64 Å². The number of amides is 3. The molecule has 1 aromatic rings. The average Bonchev–Trinajstić information content (AvgIpc) is 3.10. The summed E-state index contributed by atoms with van der Waals surface area (Å²) in [6.07, 6.45) is -0.549. The van der Waals surface area contributed by atoms with E-state index in [2.05, 4.69) is 5.32 Å². The number of ether oxygens (including phenoxy) is 1. The zero-order valence-electron chi connectivity index (χ0n) is 15.4. The minimum Gasteiger partial charge on any atom is -0.495 e. The molecule has 0 aliphatic carbocycles. The van der Waals surface area contributed by atoms with E-state index in [1.165, 1.54) is 4.90 Å². The highest BCUT2D eigenvalue weighted by atomic mass is 16.5. The van der Waals surface area contributed by atoms with Gasteiger partial charge in [0.1, 0.15) is 5.75 Å². The Kier molecular flexibility index (Phi) is 3.47. The maximum Gasteiger partial charge on any atom is 0.325 e. The lowest BCUT2D eigenvalue weighted by atomic mass is 10.1. The van der Waals surface area contributed by atoms with Gasteiger partial charge in [-0.05, 0) is 38.5 Å². The normalized spacial score (nSPS) is 24.7. The van der Waals surface area contributed by atoms with E-state index in [0.717, 1.165) is 28.4 Å². The molecule has 1 saturated heterocycles. The molecular weight excluding hydrogens is 334 g/mol. The molecule has 3 heterocycles. The van der Waals surface area contributed by atoms with Gasteiger partial charge in [0.25, 0.3) is 5.91 Å². The van der Waals surface area contributed by atoms with Crippen LogP contribution in [0.1, 0.15) is 19.4 Å². The molecular formula is C18H21N5O3. The third-order valence-corrected chi connectivity index (χ3v) is 5.24. The molecule has 0 radical (unpaired) electrons. The van der Waals surface area contributed by atoms with E-state index in [4.69, 9.17) is 9.73 Å². The maximum absolute atomic E-state index is 12.5. The van der Waals surface area contributed by atoms with Gasteiger partial charge in [0, 0.05) is 18.4 Å². The molecule has 3 aliphatic heterocycles. The molecule has 0 bridgehead atoms. The molecule has 0 aromatic heterocycles. The number of hydrogen-bond acceptors (Lipinski definition) is 6. The van der Waals surface area contributed by atoms with Crippen LogP contribution in [0.25, 0.3) is 0 Å². The zero-order valence-corrected chi connectivity index (χ0v) is 15.4. The zero-order chi connectivity index (χ0) is 18.7. The molecule has 2 atom stereocenters. The summed E-state index contributed by atoms with van der Waals surface area (Å²) in [5.41, 5.74) is 3.85. The highest BCUT2D eigenvalue weighted by Gasteiger charge is 2.53. The summed E-state index contributed by atoms with van der Waals surface area (Å²) < 4.78 is 5.54. The summed E-state index contributed by atoms with van der Waals surface area (Å²) in [6.45, 7) is 5.96. The number of allylic oxidation sites excluding steroid dienone is 2. The third kappa shape index (κ3) is 2.04. The van der Waals surface area contributed by atoms with Crippen LogP contribution in [0.5, 0.6) is 5.75 Å². The number of fused-ring (bicyclic) bond motifs is 3. The Morgan fingerprint density at radius 1 is 1.15 bits per heavy atom. The summed E-state index contributed by atoms with van der Waals surface area (Å²) in [5.74, 6) is 1.02. The highest BCUT2D eigenvalue weighted by Crippen LogP contribution is 2.42. The SMILES string of the molecule is COc1ccc(C)cc1N1C2=NC3C(C(=O)NC(=O)N3C)N2C(C)=C1C. The smallest absolute Gasteiger partial charge is 0.325 e. The van der Waals surface area contributed by atoms with E-state index in [0.29, 0.717) is 5.96 Å². The molecule has 136 valence electrons. The molecule has 3 aliphatic rings. The van der Waals surface area contributed by atoms with Crippen LogP contribution >= 0.6 is 0 Å². The molecule has 8 nitrogen and oxygen atoms in total. The van der Waals surface area contributed by atoms with Crippen LogP contribution in [0, 0.1) is 6.92 Å². The van der Waals surface area contributed by atoms with Gasteiger partial charge >= 0.3 is 6.03 Å². The van der Waals surface area contributed by atoms with Crippen LogP contribution in [0.3, 0.4) is 0 Å². The van der Waals surface area contributed by atoms with Crippen molar-refractivity contribution < 1.29 is 14.3 Å². The predicted molar refractivity (Wildman–Crippen MR) is 96.7 cm³/mol. The van der Waals surface area contributed by atoms with E-state index in [1.54, 1.807) is 14.2 Å². The first-order valence-corrected chi connectivity index (χ1v) is 8.42. The quantitative estimate of drug-likeness (QED) is 0.872. The Labute approximate surface area is 151 Å². The molecule has 1 fully saturated rings. The monoisotopic (exact) mass is 355 g/mol. The van der Waals surface area contributed by atoms with Crippen molar-refractivity contribution in [3.8, 4) is 5.75 Å². The Morgan fingerprint density at radius 3 is 2.58 bits per heavy atom. The number of hydrogen-bond donors (Lipinski definition) is 1. The molecule has 1 N–H and O–H groups in total. The van der Waals surface area contributed by atoms with Crippen molar-refractivity contribution in [2.45, 2.75) is 33.0 Å². The summed E-state index contributed by atoms with van der Waals surface area (Å²) in [5, 5.41) is 2.40. The molecule has 4 rings (SSSR count). The lowest BCUT2D eigenvalue weighted by molar-refractivity contribution is -0.126. The number of imide groups is 1. The molecule has 0 saturated carbocycles. The summed E-state index contributed by atoms with van der Waals surface area (Å²) in [4.78, 5) is 34.6. The number of benzene rings is 1. The first-order chi connectivity index (χ1) is 12.3. The standard InChI is InChI=1S/C18H21N5O3/c1-9-6-7-13(26-5)12(8-9)22-10(2)11(3)23-14-15(19-17(22)23)21(4)18(25)20-16(14)24/h6-8,14-15H,1-5H3,(H,20,24,25). The second-order valence-electron chi connectivity index (χ2n) is 6.74. The van der Waals surface area contributed by atoms with Crippen LogP contribution in [-0.4, -0.2) is 54.1 Å². The fraction of sp³-hybridized carbons (Fsp3) is 0.389. The number of urea groups is 1. The number of nitrogens with one attached hydrogen (secondary N) is 1. The van der Waals surface area contributed by atoms with E-state index in [-0.39, 0.29) is 5.91 Å². The maximum atomic E-state index is 12.5. The van der Waals surface area contributed by atoms with Crippen molar-refractivity contribution >= 4 is 23.6 Å². The van der Waals surface area contributed by atoms with Gasteiger partial charge in [0.2, 0.25) is 5.96 Å². The fourth-order valence-electron chi connectivity index (χ4n) is 3.72. The third-order valence-electron chi connectivity index (χ3n) is 5.24. The van der Waals surface area contributed by atoms with Crippen LogP contribution in [0.15, 0.2) is 34.6 Å². The van der Waals surface area contributed by atoms with Crippen molar-refractivity contribution in [3.05, 3.63) is 35.2 Å². The van der Waals surface area contributed by atoms with Crippen molar-refractivity contribution in [3.63, 3.8) is 0 Å². The average molecular weight is 355 g/mol. The fourth-order valence-corrected chi connectivity index (χ4v) is 3.72.